The van der Waals surface area contributed by atoms with Crippen LogP contribution in [0.4, 0.5) is 5.69 Å². The Hall–Kier alpha value is -3.97. The normalized spacial score (nSPS) is 11.5. The van der Waals surface area contributed by atoms with Gasteiger partial charge in [-0.3, -0.25) is 9.78 Å². The van der Waals surface area contributed by atoms with Crippen LogP contribution in [0.25, 0.3) is 12.2 Å². The van der Waals surface area contributed by atoms with Crippen molar-refractivity contribution in [3.8, 4) is 0 Å². The molecule has 7 heteroatoms. The van der Waals surface area contributed by atoms with Crippen LogP contribution in [-0.4, -0.2) is 19.3 Å². The van der Waals surface area contributed by atoms with E-state index in [9.17, 15) is 13.2 Å². The van der Waals surface area contributed by atoms with Crippen LogP contribution < -0.4 is 5.32 Å². The van der Waals surface area contributed by atoms with Crippen LogP contribution in [-0.2, 0) is 15.6 Å². The zero-order valence-corrected chi connectivity index (χ0v) is 17.8. The fourth-order valence-corrected chi connectivity index (χ4v) is 4.50. The molecule has 0 saturated carbocycles. The number of rotatable bonds is 7. The fraction of sp³-hybridized carbons (Fsp3) is 0.0400. The zero-order valence-electron chi connectivity index (χ0n) is 17.0. The Labute approximate surface area is 186 Å². The average molecular weight is 445 g/mol. The molecule has 0 saturated heterocycles. The second-order valence-electron chi connectivity index (χ2n) is 7.01. The number of carbonyl (C=O) groups is 1. The van der Waals surface area contributed by atoms with Gasteiger partial charge >= 0.3 is 0 Å². The molecule has 0 radical (unpaired) electrons. The van der Waals surface area contributed by atoms with E-state index < -0.39 is 15.7 Å². The smallest absolute Gasteiger partial charge is 0.291 e. The Morgan fingerprint density at radius 2 is 1.75 bits per heavy atom. The lowest BCUT2D eigenvalue weighted by Crippen LogP contribution is -2.14. The van der Waals surface area contributed by atoms with Crippen LogP contribution >= 0.6 is 0 Å². The molecule has 2 aromatic carbocycles. The van der Waals surface area contributed by atoms with E-state index in [1.807, 2.05) is 42.5 Å². The topological polar surface area (TPSA) is 89.3 Å². The molecule has 0 fully saturated rings. The number of nitrogens with zero attached hydrogens (tertiary/aromatic N) is 1. The van der Waals surface area contributed by atoms with Crippen molar-refractivity contribution in [3.05, 3.63) is 114 Å². The number of aromatic nitrogens is 1. The number of nitrogens with one attached hydrogen (secondary N) is 1. The molecule has 2 aromatic heterocycles. The standard InChI is InChI=1S/C25H20N2O4S/c28-25(24-20(14-16-31-24)18-32(29,30)23-10-2-1-3-11-23)27-22-9-6-7-19(17-22)12-13-21-8-4-5-15-26-21/h1-17H,18H2,(H,27,28)/b13-12+. The minimum atomic E-state index is -3.61. The van der Waals surface area contributed by atoms with Crippen molar-refractivity contribution in [2.24, 2.45) is 0 Å². The monoisotopic (exact) mass is 444 g/mol. The van der Waals surface area contributed by atoms with Crippen molar-refractivity contribution in [1.29, 1.82) is 0 Å². The summed E-state index contributed by atoms with van der Waals surface area (Å²) in [6.07, 6.45) is 6.80. The highest BCUT2D eigenvalue weighted by Gasteiger charge is 2.22. The van der Waals surface area contributed by atoms with Crippen molar-refractivity contribution in [2.75, 3.05) is 5.32 Å². The van der Waals surface area contributed by atoms with Gasteiger partial charge in [-0.25, -0.2) is 8.42 Å². The van der Waals surface area contributed by atoms with Gasteiger partial charge < -0.3 is 9.73 Å². The first kappa shape index (κ1) is 21.3. The fourth-order valence-electron chi connectivity index (χ4n) is 3.13. The third kappa shape index (κ3) is 5.19. The highest BCUT2D eigenvalue weighted by atomic mass is 32.2. The minimum Gasteiger partial charge on any atom is -0.459 e. The largest absolute Gasteiger partial charge is 0.459 e. The molecular formula is C25H20N2O4S. The molecule has 4 rings (SSSR count). The molecule has 6 nitrogen and oxygen atoms in total. The zero-order chi connectivity index (χ0) is 22.4. The van der Waals surface area contributed by atoms with Crippen LogP contribution in [0.3, 0.4) is 0 Å². The Morgan fingerprint density at radius 1 is 0.938 bits per heavy atom. The van der Waals surface area contributed by atoms with E-state index in [1.165, 1.54) is 24.5 Å². The van der Waals surface area contributed by atoms with Gasteiger partial charge in [0.1, 0.15) is 0 Å². The Kier molecular flexibility index (Phi) is 6.28. The van der Waals surface area contributed by atoms with Gasteiger partial charge in [0.25, 0.3) is 5.91 Å². The number of furan rings is 1. The Balaban J connectivity index is 1.49. The lowest BCUT2D eigenvalue weighted by atomic mass is 10.1. The number of hydrogen-bond donors (Lipinski definition) is 1. The van der Waals surface area contributed by atoms with Gasteiger partial charge in [-0.05, 0) is 54.1 Å². The summed E-state index contributed by atoms with van der Waals surface area (Å²) in [6, 6.07) is 22.5. The maximum Gasteiger partial charge on any atom is 0.291 e. The van der Waals surface area contributed by atoms with Crippen LogP contribution in [0.5, 0.6) is 0 Å². The molecule has 160 valence electrons. The molecule has 0 spiro atoms. The molecule has 0 atom stereocenters. The van der Waals surface area contributed by atoms with Gasteiger partial charge in [-0.1, -0.05) is 42.5 Å². The Morgan fingerprint density at radius 3 is 2.53 bits per heavy atom. The van der Waals surface area contributed by atoms with Crippen molar-refractivity contribution in [1.82, 2.24) is 4.98 Å². The molecule has 2 heterocycles. The van der Waals surface area contributed by atoms with Gasteiger partial charge in [0.15, 0.2) is 15.6 Å². The molecule has 0 aliphatic rings. The van der Waals surface area contributed by atoms with Crippen LogP contribution in [0.1, 0.15) is 27.4 Å². The summed E-state index contributed by atoms with van der Waals surface area (Å²) >= 11 is 0. The average Bonchev–Trinajstić information content (AvgIpc) is 3.27. The van der Waals surface area contributed by atoms with Crippen LogP contribution in [0.2, 0.25) is 0 Å². The van der Waals surface area contributed by atoms with E-state index in [-0.39, 0.29) is 16.4 Å². The van der Waals surface area contributed by atoms with Crippen molar-refractivity contribution in [2.45, 2.75) is 10.6 Å². The lowest BCUT2D eigenvalue weighted by Gasteiger charge is -2.07. The first-order valence-electron chi connectivity index (χ1n) is 9.86. The van der Waals surface area contributed by atoms with Gasteiger partial charge in [0.05, 0.1) is 22.6 Å². The molecule has 1 N–H and O–H groups in total. The predicted octanol–water partition coefficient (Wildman–Crippen LogP) is 5.07. The highest BCUT2D eigenvalue weighted by molar-refractivity contribution is 7.90. The van der Waals surface area contributed by atoms with E-state index in [2.05, 4.69) is 10.3 Å². The number of amides is 1. The number of carbonyl (C=O) groups excluding carboxylic acids is 1. The van der Waals surface area contributed by atoms with E-state index in [0.717, 1.165) is 11.3 Å². The van der Waals surface area contributed by atoms with Crippen molar-refractivity contribution < 1.29 is 17.6 Å². The Bertz CT molecular complexity index is 1340. The SMILES string of the molecule is O=C(Nc1cccc(/C=C/c2ccccn2)c1)c1occc1CS(=O)(=O)c1ccccc1. The summed E-state index contributed by atoms with van der Waals surface area (Å²) in [5.41, 5.74) is 2.56. The van der Waals surface area contributed by atoms with Gasteiger partial charge in [0, 0.05) is 17.4 Å². The van der Waals surface area contributed by atoms with E-state index >= 15 is 0 Å². The van der Waals surface area contributed by atoms with E-state index in [4.69, 9.17) is 4.42 Å². The minimum absolute atomic E-state index is 0.0288. The second kappa shape index (κ2) is 9.45. The predicted molar refractivity (Wildman–Crippen MR) is 124 cm³/mol. The molecular weight excluding hydrogens is 424 g/mol. The molecule has 1 amide bonds. The highest BCUT2D eigenvalue weighted by Crippen LogP contribution is 2.21. The number of benzene rings is 2. The van der Waals surface area contributed by atoms with Gasteiger partial charge in [-0.15, -0.1) is 0 Å². The molecule has 0 unspecified atom stereocenters. The number of sulfone groups is 1. The number of pyridine rings is 1. The molecule has 0 aliphatic heterocycles. The summed E-state index contributed by atoms with van der Waals surface area (Å²) in [5.74, 6) is -0.874. The second-order valence-corrected chi connectivity index (χ2v) is 9.00. The molecule has 0 aliphatic carbocycles. The summed E-state index contributed by atoms with van der Waals surface area (Å²) in [4.78, 5) is 17.2. The lowest BCUT2D eigenvalue weighted by molar-refractivity contribution is 0.0996. The van der Waals surface area contributed by atoms with Crippen LogP contribution in [0, 0.1) is 0 Å². The van der Waals surface area contributed by atoms with E-state index in [1.54, 1.807) is 36.5 Å². The van der Waals surface area contributed by atoms with Gasteiger partial charge in [-0.2, -0.15) is 0 Å². The van der Waals surface area contributed by atoms with Gasteiger partial charge in [0.2, 0.25) is 0 Å². The first-order chi connectivity index (χ1) is 15.5. The number of anilines is 1. The third-order valence-electron chi connectivity index (χ3n) is 4.68. The summed E-state index contributed by atoms with van der Waals surface area (Å²) in [5, 5.41) is 2.77. The maximum atomic E-state index is 12.8. The third-order valence-corrected chi connectivity index (χ3v) is 6.36. The summed E-state index contributed by atoms with van der Waals surface area (Å²) in [6.45, 7) is 0. The maximum absolute atomic E-state index is 12.8. The number of hydrogen-bond acceptors (Lipinski definition) is 5. The molecule has 32 heavy (non-hydrogen) atoms. The van der Waals surface area contributed by atoms with E-state index in [0.29, 0.717) is 11.3 Å². The molecule has 4 aromatic rings. The van der Waals surface area contributed by atoms with Crippen LogP contribution in [0.15, 0.2) is 101 Å². The molecule has 0 bridgehead atoms. The first-order valence-corrected chi connectivity index (χ1v) is 11.5. The quantitative estimate of drug-likeness (QED) is 0.430. The van der Waals surface area contributed by atoms with Crippen molar-refractivity contribution in [3.63, 3.8) is 0 Å². The summed E-state index contributed by atoms with van der Waals surface area (Å²) < 4.78 is 30.7. The summed E-state index contributed by atoms with van der Waals surface area (Å²) in [7, 11) is -3.61. The van der Waals surface area contributed by atoms with Crippen molar-refractivity contribution >= 4 is 33.6 Å².